The van der Waals surface area contributed by atoms with E-state index in [9.17, 15) is 13.2 Å². The topological polar surface area (TPSA) is 72.5 Å². The van der Waals surface area contributed by atoms with E-state index < -0.39 is 16.1 Å². The molecular weight excluding hydrogens is 278 g/mol. The number of hydrogen-bond acceptors (Lipinski definition) is 4. The molecule has 0 saturated carbocycles. The number of halogens is 1. The van der Waals surface area contributed by atoms with E-state index in [1.807, 2.05) is 0 Å². The third-order valence-electron chi connectivity index (χ3n) is 1.79. The number of carbonyl (C=O) groups excluding carboxylic acids is 1. The number of rotatable bonds is 3. The van der Waals surface area contributed by atoms with Crippen LogP contribution in [0.5, 0.6) is 0 Å². The summed E-state index contributed by atoms with van der Waals surface area (Å²) in [6.45, 7) is 1.41. The monoisotopic (exact) mass is 287 g/mol. The van der Waals surface area contributed by atoms with Crippen LogP contribution in [-0.2, 0) is 14.8 Å². The molecule has 0 saturated heterocycles. The number of amides is 1. The summed E-state index contributed by atoms with van der Waals surface area (Å²) < 4.78 is 29.7. The van der Waals surface area contributed by atoms with Gasteiger partial charge >= 0.3 is 6.09 Å². The lowest BCUT2D eigenvalue weighted by Crippen LogP contribution is -2.31. The van der Waals surface area contributed by atoms with Gasteiger partial charge in [-0.1, -0.05) is 17.5 Å². The highest BCUT2D eigenvalue weighted by Crippen LogP contribution is 2.13. The second-order valence-corrected chi connectivity index (χ2v) is 5.18. The molecule has 1 amide bonds. The Labute approximate surface area is 110 Å². The van der Waals surface area contributed by atoms with Crippen molar-refractivity contribution in [2.75, 3.05) is 6.61 Å². The van der Waals surface area contributed by atoms with Gasteiger partial charge in [0.25, 0.3) is 10.0 Å². The molecule has 0 aromatic heterocycles. The van der Waals surface area contributed by atoms with E-state index in [2.05, 4.69) is 16.6 Å². The lowest BCUT2D eigenvalue weighted by Gasteiger charge is -2.06. The lowest BCUT2D eigenvalue weighted by atomic mass is 10.4. The minimum atomic E-state index is -3.94. The van der Waals surface area contributed by atoms with Gasteiger partial charge in [-0.3, -0.25) is 0 Å². The van der Waals surface area contributed by atoms with E-state index in [1.165, 1.54) is 24.3 Å². The van der Waals surface area contributed by atoms with Crippen LogP contribution in [0.1, 0.15) is 6.92 Å². The first-order valence-electron chi connectivity index (χ1n) is 4.80. The molecule has 7 heteroatoms. The zero-order valence-electron chi connectivity index (χ0n) is 9.44. The predicted octanol–water partition coefficient (Wildman–Crippen LogP) is 1.78. The van der Waals surface area contributed by atoms with Gasteiger partial charge in [0, 0.05) is 5.02 Å². The quantitative estimate of drug-likeness (QED) is 0.860. The Morgan fingerprint density at radius 3 is 2.56 bits per heavy atom. The fraction of sp³-hybridized carbons (Fsp3) is 0.182. The van der Waals surface area contributed by atoms with Crippen LogP contribution in [-0.4, -0.2) is 21.1 Å². The maximum absolute atomic E-state index is 11.7. The van der Waals surface area contributed by atoms with Crippen molar-refractivity contribution < 1.29 is 17.9 Å². The van der Waals surface area contributed by atoms with Crippen molar-refractivity contribution in [2.24, 2.45) is 0 Å². The fourth-order valence-electron chi connectivity index (χ4n) is 0.986. The average Bonchev–Trinajstić information content (AvgIpc) is 2.29. The Morgan fingerprint density at radius 2 is 2.00 bits per heavy atom. The van der Waals surface area contributed by atoms with Crippen molar-refractivity contribution in [2.45, 2.75) is 11.8 Å². The summed E-state index contributed by atoms with van der Waals surface area (Å²) in [6, 6.07) is 5.38. The lowest BCUT2D eigenvalue weighted by molar-refractivity contribution is 0.166. The van der Waals surface area contributed by atoms with Crippen molar-refractivity contribution in [1.82, 2.24) is 4.72 Å². The van der Waals surface area contributed by atoms with E-state index >= 15 is 0 Å². The number of hydrogen-bond donors (Lipinski definition) is 1. The average molecular weight is 288 g/mol. The van der Waals surface area contributed by atoms with Gasteiger partial charge in [0.15, 0.2) is 6.61 Å². The van der Waals surface area contributed by atoms with Gasteiger partial charge in [-0.25, -0.2) is 17.9 Å². The Bertz CT molecular complexity index is 584. The molecule has 18 heavy (non-hydrogen) atoms. The van der Waals surface area contributed by atoms with Crippen LogP contribution in [0.15, 0.2) is 29.2 Å². The number of nitrogens with one attached hydrogen (secondary N) is 1. The predicted molar refractivity (Wildman–Crippen MR) is 66.6 cm³/mol. The molecule has 1 rings (SSSR count). The normalized spacial score (nSPS) is 10.1. The van der Waals surface area contributed by atoms with E-state index in [0.717, 1.165) is 0 Å². The first kappa shape index (κ1) is 14.4. The summed E-state index contributed by atoms with van der Waals surface area (Å²) in [5, 5.41) is 0.398. The van der Waals surface area contributed by atoms with Crippen molar-refractivity contribution >= 4 is 27.7 Å². The number of ether oxygens (including phenoxy) is 1. The van der Waals surface area contributed by atoms with Crippen LogP contribution < -0.4 is 4.72 Å². The zero-order chi connectivity index (χ0) is 13.6. The summed E-state index contributed by atoms with van der Waals surface area (Å²) in [6.07, 6.45) is -1.08. The number of benzene rings is 1. The summed E-state index contributed by atoms with van der Waals surface area (Å²) >= 11 is 5.63. The molecule has 0 aliphatic carbocycles. The molecule has 1 aromatic carbocycles. The Balaban J connectivity index is 2.72. The van der Waals surface area contributed by atoms with Crippen LogP contribution in [0, 0.1) is 11.8 Å². The molecule has 0 heterocycles. The minimum absolute atomic E-state index is 0.0783. The van der Waals surface area contributed by atoms with Gasteiger partial charge in [-0.05, 0) is 31.2 Å². The van der Waals surface area contributed by atoms with E-state index in [4.69, 9.17) is 11.6 Å². The maximum atomic E-state index is 11.7. The van der Waals surface area contributed by atoms with Gasteiger partial charge in [-0.15, -0.1) is 5.92 Å². The summed E-state index contributed by atoms with van der Waals surface area (Å²) in [5.74, 6) is 4.97. The van der Waals surface area contributed by atoms with Crippen molar-refractivity contribution in [3.05, 3.63) is 29.3 Å². The molecule has 0 bridgehead atoms. The molecule has 0 aliphatic heterocycles. The highest BCUT2D eigenvalue weighted by molar-refractivity contribution is 7.90. The standard InChI is InChI=1S/C11H10ClNO4S/c1-2-3-8-17-11(14)13-18(15,16)10-6-4-9(12)5-7-10/h4-7H,8H2,1H3,(H,13,14). The number of sulfonamides is 1. The van der Waals surface area contributed by atoms with Gasteiger partial charge in [0.2, 0.25) is 0 Å². The van der Waals surface area contributed by atoms with Crippen molar-refractivity contribution in [3.8, 4) is 11.8 Å². The maximum Gasteiger partial charge on any atom is 0.422 e. The van der Waals surface area contributed by atoms with Crippen LogP contribution in [0.25, 0.3) is 0 Å². The van der Waals surface area contributed by atoms with Crippen LogP contribution in [0.2, 0.25) is 5.02 Å². The minimum Gasteiger partial charge on any atom is -0.436 e. The largest absolute Gasteiger partial charge is 0.436 e. The van der Waals surface area contributed by atoms with E-state index in [0.29, 0.717) is 5.02 Å². The molecule has 1 aromatic rings. The molecule has 0 fully saturated rings. The molecule has 1 N–H and O–H groups in total. The second kappa shape index (κ2) is 6.28. The second-order valence-electron chi connectivity index (χ2n) is 3.06. The zero-order valence-corrected chi connectivity index (χ0v) is 11.0. The molecule has 0 spiro atoms. The Kier molecular flexibility index (Phi) is 5.01. The molecule has 0 atom stereocenters. The molecule has 0 radical (unpaired) electrons. The summed E-state index contributed by atoms with van der Waals surface area (Å²) in [7, 11) is -3.94. The highest BCUT2D eigenvalue weighted by atomic mass is 35.5. The van der Waals surface area contributed by atoms with Crippen LogP contribution >= 0.6 is 11.6 Å². The van der Waals surface area contributed by atoms with Crippen molar-refractivity contribution in [1.29, 1.82) is 0 Å². The first-order chi connectivity index (χ1) is 8.45. The van der Waals surface area contributed by atoms with Gasteiger partial charge in [0.1, 0.15) is 0 Å². The van der Waals surface area contributed by atoms with Gasteiger partial charge in [-0.2, -0.15) is 0 Å². The third-order valence-corrected chi connectivity index (χ3v) is 3.37. The Morgan fingerprint density at radius 1 is 1.39 bits per heavy atom. The molecule has 96 valence electrons. The molecular formula is C11H10ClNO4S. The highest BCUT2D eigenvalue weighted by Gasteiger charge is 2.17. The fourth-order valence-corrected chi connectivity index (χ4v) is 2.00. The van der Waals surface area contributed by atoms with E-state index in [1.54, 1.807) is 11.6 Å². The van der Waals surface area contributed by atoms with Gasteiger partial charge in [0.05, 0.1) is 4.90 Å². The Hall–Kier alpha value is -1.71. The summed E-state index contributed by atoms with van der Waals surface area (Å²) in [4.78, 5) is 11.1. The van der Waals surface area contributed by atoms with Crippen LogP contribution in [0.4, 0.5) is 4.79 Å². The SMILES string of the molecule is CC#CCOC(=O)NS(=O)(=O)c1ccc(Cl)cc1. The molecule has 0 aliphatic rings. The van der Waals surface area contributed by atoms with E-state index in [-0.39, 0.29) is 11.5 Å². The smallest absolute Gasteiger partial charge is 0.422 e. The third kappa shape index (κ3) is 4.28. The van der Waals surface area contributed by atoms with Crippen LogP contribution in [0.3, 0.4) is 0 Å². The molecule has 5 nitrogen and oxygen atoms in total. The number of carbonyl (C=O) groups is 1. The first-order valence-corrected chi connectivity index (χ1v) is 6.66. The van der Waals surface area contributed by atoms with Crippen molar-refractivity contribution in [3.63, 3.8) is 0 Å². The summed E-state index contributed by atoms with van der Waals surface area (Å²) in [5.41, 5.74) is 0. The van der Waals surface area contributed by atoms with Gasteiger partial charge < -0.3 is 4.74 Å². The molecule has 0 unspecified atom stereocenters.